The Morgan fingerprint density at radius 2 is 2.09 bits per heavy atom. The maximum absolute atomic E-state index is 12.6. The zero-order valence-electron chi connectivity index (χ0n) is 13.1. The van der Waals surface area contributed by atoms with Crippen molar-refractivity contribution in [2.45, 2.75) is 25.9 Å². The van der Waals surface area contributed by atoms with Gasteiger partial charge < -0.3 is 19.4 Å². The first-order chi connectivity index (χ1) is 10.7. The number of rotatable bonds is 4. The Morgan fingerprint density at radius 3 is 2.77 bits per heavy atom. The number of hydrogen-bond acceptors (Lipinski definition) is 3. The molecule has 5 nitrogen and oxygen atoms in total. The predicted octanol–water partition coefficient (Wildman–Crippen LogP) is 2.82. The number of benzene rings is 1. The van der Waals surface area contributed by atoms with E-state index in [2.05, 4.69) is 4.98 Å². The summed E-state index contributed by atoms with van der Waals surface area (Å²) in [5.74, 6) is 0.875. The monoisotopic (exact) mass is 302 g/mol. The normalized spacial score (nSPS) is 16.2. The summed E-state index contributed by atoms with van der Waals surface area (Å²) in [5.41, 5.74) is 1.57. The van der Waals surface area contributed by atoms with Gasteiger partial charge in [0, 0.05) is 37.2 Å². The molecule has 0 aliphatic carbocycles. The summed E-state index contributed by atoms with van der Waals surface area (Å²) in [7, 11) is 1.73. The number of nitrogens with zero attached hydrogens (tertiary/aromatic N) is 1. The van der Waals surface area contributed by atoms with E-state index in [0.717, 1.165) is 42.6 Å². The molecule has 5 heteroatoms. The number of amides is 1. The van der Waals surface area contributed by atoms with Crippen LogP contribution < -0.4 is 4.74 Å². The lowest BCUT2D eigenvalue weighted by Gasteiger charge is -2.30. The van der Waals surface area contributed by atoms with Crippen LogP contribution in [0.4, 0.5) is 0 Å². The van der Waals surface area contributed by atoms with Crippen LogP contribution in [0.25, 0.3) is 10.9 Å². The number of methoxy groups -OCH3 is 1. The minimum atomic E-state index is 0.0590. The minimum absolute atomic E-state index is 0.0590. The van der Waals surface area contributed by atoms with Crippen LogP contribution >= 0.6 is 0 Å². The van der Waals surface area contributed by atoms with E-state index < -0.39 is 0 Å². The topological polar surface area (TPSA) is 54.6 Å². The molecule has 3 rings (SSSR count). The van der Waals surface area contributed by atoms with Crippen LogP contribution in [-0.2, 0) is 4.74 Å². The van der Waals surface area contributed by atoms with Crippen molar-refractivity contribution in [3.63, 3.8) is 0 Å². The molecule has 0 radical (unpaired) electrons. The summed E-state index contributed by atoms with van der Waals surface area (Å²) in [6.07, 6.45) is 2.08. The van der Waals surface area contributed by atoms with E-state index in [1.54, 1.807) is 7.11 Å². The fourth-order valence-corrected chi connectivity index (χ4v) is 2.94. The van der Waals surface area contributed by atoms with Crippen molar-refractivity contribution in [3.8, 4) is 5.75 Å². The van der Waals surface area contributed by atoms with Crippen LogP contribution in [0.15, 0.2) is 24.3 Å². The SMILES string of the molecule is CCOc1ccc2cc(C(=O)N3CCC(OC)CC3)[nH]c2c1. The zero-order valence-corrected chi connectivity index (χ0v) is 13.1. The highest BCUT2D eigenvalue weighted by atomic mass is 16.5. The van der Waals surface area contributed by atoms with Gasteiger partial charge in [0.25, 0.3) is 5.91 Å². The lowest BCUT2D eigenvalue weighted by molar-refractivity contribution is 0.0348. The first kappa shape index (κ1) is 14.9. The fourth-order valence-electron chi connectivity index (χ4n) is 2.94. The lowest BCUT2D eigenvalue weighted by Crippen LogP contribution is -2.40. The molecule has 2 aromatic rings. The average molecular weight is 302 g/mol. The predicted molar refractivity (Wildman–Crippen MR) is 85.4 cm³/mol. The standard InChI is InChI=1S/C17H22N2O3/c1-3-22-14-5-4-12-10-16(18-15(12)11-14)17(20)19-8-6-13(21-2)7-9-19/h4-5,10-11,13,18H,3,6-9H2,1-2H3. The molecule has 0 unspecified atom stereocenters. The van der Waals surface area contributed by atoms with E-state index >= 15 is 0 Å². The van der Waals surface area contributed by atoms with E-state index in [4.69, 9.17) is 9.47 Å². The van der Waals surface area contributed by atoms with E-state index in [1.165, 1.54) is 0 Å². The number of carbonyl (C=O) groups excluding carboxylic acids is 1. The second kappa shape index (κ2) is 6.40. The molecule has 1 aliphatic heterocycles. The number of nitrogens with one attached hydrogen (secondary N) is 1. The Hall–Kier alpha value is -2.01. The van der Waals surface area contributed by atoms with Gasteiger partial charge in [-0.05, 0) is 38.0 Å². The second-order valence-corrected chi connectivity index (χ2v) is 5.59. The van der Waals surface area contributed by atoms with E-state index in [0.29, 0.717) is 12.3 Å². The van der Waals surface area contributed by atoms with Crippen LogP contribution in [0.1, 0.15) is 30.3 Å². The van der Waals surface area contributed by atoms with Gasteiger partial charge >= 0.3 is 0 Å². The van der Waals surface area contributed by atoms with Crippen molar-refractivity contribution >= 4 is 16.8 Å². The highest BCUT2D eigenvalue weighted by Gasteiger charge is 2.24. The van der Waals surface area contributed by atoms with E-state index in [1.807, 2.05) is 36.1 Å². The molecule has 1 amide bonds. The number of piperidine rings is 1. The molecule has 0 bridgehead atoms. The quantitative estimate of drug-likeness (QED) is 0.945. The Labute approximate surface area is 130 Å². The van der Waals surface area contributed by atoms with Crippen molar-refractivity contribution < 1.29 is 14.3 Å². The number of fused-ring (bicyclic) bond motifs is 1. The minimum Gasteiger partial charge on any atom is -0.494 e. The molecule has 1 aliphatic rings. The third kappa shape index (κ3) is 2.95. The third-order valence-corrected chi connectivity index (χ3v) is 4.20. The van der Waals surface area contributed by atoms with Gasteiger partial charge in [0.05, 0.1) is 12.7 Å². The fraction of sp³-hybridized carbons (Fsp3) is 0.471. The highest BCUT2D eigenvalue weighted by Crippen LogP contribution is 2.23. The molecule has 118 valence electrons. The van der Waals surface area contributed by atoms with Gasteiger partial charge in [-0.2, -0.15) is 0 Å². The Morgan fingerprint density at radius 1 is 1.32 bits per heavy atom. The Balaban J connectivity index is 1.76. The van der Waals surface area contributed by atoms with Gasteiger partial charge in [-0.25, -0.2) is 0 Å². The van der Waals surface area contributed by atoms with Crippen LogP contribution in [0.2, 0.25) is 0 Å². The molecule has 1 fully saturated rings. The van der Waals surface area contributed by atoms with Crippen molar-refractivity contribution in [2.24, 2.45) is 0 Å². The Kier molecular flexibility index (Phi) is 4.34. The number of carbonyl (C=O) groups is 1. The van der Waals surface area contributed by atoms with Crippen molar-refractivity contribution in [1.82, 2.24) is 9.88 Å². The summed E-state index contributed by atoms with van der Waals surface area (Å²) in [6.45, 7) is 4.08. The molecular weight excluding hydrogens is 280 g/mol. The smallest absolute Gasteiger partial charge is 0.270 e. The zero-order chi connectivity index (χ0) is 15.5. The number of H-pyrrole nitrogens is 1. The van der Waals surface area contributed by atoms with Crippen LogP contribution in [0, 0.1) is 0 Å². The molecule has 0 spiro atoms. The van der Waals surface area contributed by atoms with E-state index in [9.17, 15) is 4.79 Å². The molecule has 1 aromatic carbocycles. The Bertz CT molecular complexity index is 657. The van der Waals surface area contributed by atoms with Crippen LogP contribution in [-0.4, -0.2) is 48.7 Å². The molecular formula is C17H22N2O3. The van der Waals surface area contributed by atoms with Crippen molar-refractivity contribution in [3.05, 3.63) is 30.0 Å². The molecule has 0 atom stereocenters. The van der Waals surface area contributed by atoms with Gasteiger partial charge in [0.1, 0.15) is 11.4 Å². The van der Waals surface area contributed by atoms with E-state index in [-0.39, 0.29) is 12.0 Å². The average Bonchev–Trinajstić information content (AvgIpc) is 2.98. The van der Waals surface area contributed by atoms with Gasteiger partial charge in [0.2, 0.25) is 0 Å². The summed E-state index contributed by atoms with van der Waals surface area (Å²) >= 11 is 0. The van der Waals surface area contributed by atoms with Crippen molar-refractivity contribution in [1.29, 1.82) is 0 Å². The number of aromatic nitrogens is 1. The number of hydrogen-bond donors (Lipinski definition) is 1. The van der Waals surface area contributed by atoms with Crippen molar-refractivity contribution in [2.75, 3.05) is 26.8 Å². The molecule has 2 heterocycles. The van der Waals surface area contributed by atoms with Gasteiger partial charge in [-0.1, -0.05) is 0 Å². The van der Waals surface area contributed by atoms with Gasteiger partial charge in [-0.15, -0.1) is 0 Å². The number of likely N-dealkylation sites (tertiary alicyclic amines) is 1. The first-order valence-electron chi connectivity index (χ1n) is 7.79. The van der Waals surface area contributed by atoms with Crippen LogP contribution in [0.3, 0.4) is 0 Å². The summed E-state index contributed by atoms with van der Waals surface area (Å²) in [4.78, 5) is 17.7. The molecule has 1 N–H and O–H groups in total. The number of aromatic amines is 1. The van der Waals surface area contributed by atoms with Crippen LogP contribution in [0.5, 0.6) is 5.75 Å². The lowest BCUT2D eigenvalue weighted by atomic mass is 10.1. The number of ether oxygens (including phenoxy) is 2. The molecule has 1 aromatic heterocycles. The summed E-state index contributed by atoms with van der Waals surface area (Å²) in [6, 6.07) is 7.76. The maximum atomic E-state index is 12.6. The second-order valence-electron chi connectivity index (χ2n) is 5.59. The molecule has 1 saturated heterocycles. The third-order valence-electron chi connectivity index (χ3n) is 4.20. The largest absolute Gasteiger partial charge is 0.494 e. The molecule has 22 heavy (non-hydrogen) atoms. The first-order valence-corrected chi connectivity index (χ1v) is 7.79. The molecule has 0 saturated carbocycles. The van der Waals surface area contributed by atoms with Gasteiger partial charge in [-0.3, -0.25) is 4.79 Å². The summed E-state index contributed by atoms with van der Waals surface area (Å²) < 4.78 is 10.8. The maximum Gasteiger partial charge on any atom is 0.270 e. The van der Waals surface area contributed by atoms with Gasteiger partial charge in [0.15, 0.2) is 0 Å². The summed E-state index contributed by atoms with van der Waals surface area (Å²) in [5, 5.41) is 1.03. The highest BCUT2D eigenvalue weighted by molar-refractivity contribution is 5.98.